The van der Waals surface area contributed by atoms with Crippen LogP contribution in [0.2, 0.25) is 5.02 Å². The van der Waals surface area contributed by atoms with Crippen molar-refractivity contribution in [1.82, 2.24) is 4.57 Å². The first kappa shape index (κ1) is 15.5. The molecule has 0 amide bonds. The maximum absolute atomic E-state index is 12.5. The Morgan fingerprint density at radius 2 is 1.83 bits per heavy atom. The number of halogens is 1. The van der Waals surface area contributed by atoms with Gasteiger partial charge in [0.2, 0.25) is 11.6 Å². The first-order valence-electron chi connectivity index (χ1n) is 6.90. The van der Waals surface area contributed by atoms with E-state index in [2.05, 4.69) is 4.40 Å². The number of nitrogens with zero attached hydrogens (tertiary/aromatic N) is 2. The molecule has 0 radical (unpaired) electrons. The van der Waals surface area contributed by atoms with Gasteiger partial charge in [-0.3, -0.25) is 0 Å². The molecule has 24 heavy (non-hydrogen) atoms. The molecule has 1 aromatic heterocycles. The number of aryl methyl sites for hydroxylation is 1. The number of rotatable bonds is 2. The third kappa shape index (κ3) is 2.56. The maximum Gasteiger partial charge on any atom is 0.285 e. The molecule has 0 bridgehead atoms. The molecule has 1 aliphatic heterocycles. The highest BCUT2D eigenvalue weighted by molar-refractivity contribution is 7.90. The van der Waals surface area contributed by atoms with E-state index in [0.717, 1.165) is 10.2 Å². The second kappa shape index (κ2) is 5.51. The number of benzene rings is 2. The maximum atomic E-state index is 12.5. The molecule has 4 rings (SSSR count). The fourth-order valence-corrected chi connectivity index (χ4v) is 4.75. The van der Waals surface area contributed by atoms with Crippen molar-refractivity contribution in [2.75, 3.05) is 6.79 Å². The van der Waals surface area contributed by atoms with Crippen LogP contribution in [0.1, 0.15) is 0 Å². The molecule has 0 unspecified atom stereocenters. The van der Waals surface area contributed by atoms with Gasteiger partial charge in [0.05, 0.1) is 15.1 Å². The third-order valence-electron chi connectivity index (χ3n) is 3.61. The Morgan fingerprint density at radius 1 is 1.17 bits per heavy atom. The molecule has 0 aliphatic carbocycles. The quantitative estimate of drug-likeness (QED) is 0.683. The number of fused-ring (bicyclic) bond motifs is 2. The van der Waals surface area contributed by atoms with E-state index in [4.69, 9.17) is 21.1 Å². The largest absolute Gasteiger partial charge is 0.454 e. The van der Waals surface area contributed by atoms with Crippen LogP contribution >= 0.6 is 22.9 Å². The molecular weight excluding hydrogens is 372 g/mol. The van der Waals surface area contributed by atoms with Gasteiger partial charge in [0.25, 0.3) is 10.0 Å². The lowest BCUT2D eigenvalue weighted by atomic mass is 10.3. The number of sulfonamides is 1. The van der Waals surface area contributed by atoms with Crippen LogP contribution in [0.3, 0.4) is 0 Å². The van der Waals surface area contributed by atoms with Gasteiger partial charge in [-0.25, -0.2) is 0 Å². The van der Waals surface area contributed by atoms with E-state index in [1.807, 2.05) is 12.1 Å². The third-order valence-corrected chi connectivity index (χ3v) is 6.36. The number of aromatic nitrogens is 1. The van der Waals surface area contributed by atoms with Gasteiger partial charge in [-0.1, -0.05) is 22.9 Å². The van der Waals surface area contributed by atoms with E-state index >= 15 is 0 Å². The minimum Gasteiger partial charge on any atom is -0.454 e. The standard InChI is InChI=1S/C15H11ClN2O4S2/c1-18-11-6-12-13(22-8-21-12)7-14(11)23-15(18)17-24(19,20)10-4-2-9(16)3-5-10/h2-7H,8H2,1H3/b17-15-. The molecule has 9 heteroatoms. The molecule has 0 fully saturated rings. The fourth-order valence-electron chi connectivity index (χ4n) is 2.37. The van der Waals surface area contributed by atoms with E-state index in [1.165, 1.54) is 35.6 Å². The Kier molecular flexibility index (Phi) is 3.56. The van der Waals surface area contributed by atoms with Crippen molar-refractivity contribution in [3.05, 3.63) is 46.2 Å². The van der Waals surface area contributed by atoms with Gasteiger partial charge in [-0.05, 0) is 24.3 Å². The van der Waals surface area contributed by atoms with Crippen LogP contribution in [0.4, 0.5) is 0 Å². The number of hydrogen-bond acceptors (Lipinski definition) is 5. The predicted octanol–water partition coefficient (Wildman–Crippen LogP) is 2.91. The molecule has 0 saturated heterocycles. The molecule has 6 nitrogen and oxygen atoms in total. The summed E-state index contributed by atoms with van der Waals surface area (Å²) in [5.74, 6) is 1.29. The van der Waals surface area contributed by atoms with Crippen molar-refractivity contribution >= 4 is 43.2 Å². The summed E-state index contributed by atoms with van der Waals surface area (Å²) in [6, 6.07) is 9.57. The molecule has 0 atom stereocenters. The highest BCUT2D eigenvalue weighted by atomic mass is 35.5. The van der Waals surface area contributed by atoms with Crippen LogP contribution < -0.4 is 14.3 Å². The second-order valence-electron chi connectivity index (χ2n) is 5.14. The zero-order chi connectivity index (χ0) is 16.9. The summed E-state index contributed by atoms with van der Waals surface area (Å²) >= 11 is 7.07. The van der Waals surface area contributed by atoms with E-state index in [1.54, 1.807) is 11.6 Å². The zero-order valence-electron chi connectivity index (χ0n) is 12.4. The molecule has 2 heterocycles. The van der Waals surface area contributed by atoms with Gasteiger partial charge in [0.15, 0.2) is 11.5 Å². The highest BCUT2D eigenvalue weighted by Crippen LogP contribution is 2.36. The molecular formula is C15H11ClN2O4S2. The van der Waals surface area contributed by atoms with Crippen molar-refractivity contribution < 1.29 is 17.9 Å². The van der Waals surface area contributed by atoms with E-state index in [0.29, 0.717) is 21.3 Å². The Hall–Kier alpha value is -2.03. The summed E-state index contributed by atoms with van der Waals surface area (Å²) in [4.78, 5) is 0.460. The monoisotopic (exact) mass is 382 g/mol. The summed E-state index contributed by atoms with van der Waals surface area (Å²) in [6.07, 6.45) is 0. The smallest absolute Gasteiger partial charge is 0.285 e. The molecule has 124 valence electrons. The topological polar surface area (TPSA) is 69.9 Å². The van der Waals surface area contributed by atoms with Crippen LogP contribution in [-0.4, -0.2) is 19.8 Å². The number of ether oxygens (including phenoxy) is 2. The second-order valence-corrected chi connectivity index (χ2v) is 8.19. The number of thiazole rings is 1. The molecule has 0 spiro atoms. The molecule has 3 aromatic rings. The SMILES string of the molecule is Cn1/c(=N/S(=O)(=O)c2ccc(Cl)cc2)sc2cc3c(cc21)OCO3. The Bertz CT molecular complexity index is 1110. The molecule has 0 saturated carbocycles. The minimum atomic E-state index is -3.82. The fraction of sp³-hybridized carbons (Fsp3) is 0.133. The van der Waals surface area contributed by atoms with Crippen molar-refractivity contribution in [2.24, 2.45) is 11.4 Å². The summed E-state index contributed by atoms with van der Waals surface area (Å²) in [6.45, 7) is 0.193. The average molecular weight is 383 g/mol. The summed E-state index contributed by atoms with van der Waals surface area (Å²) in [5.41, 5.74) is 0.828. The normalized spacial score (nSPS) is 14.5. The lowest BCUT2D eigenvalue weighted by Gasteiger charge is -1.99. The lowest BCUT2D eigenvalue weighted by Crippen LogP contribution is -2.13. The zero-order valence-corrected chi connectivity index (χ0v) is 14.8. The van der Waals surface area contributed by atoms with Crippen molar-refractivity contribution in [3.8, 4) is 11.5 Å². The van der Waals surface area contributed by atoms with Crippen LogP contribution in [0.25, 0.3) is 10.2 Å². The van der Waals surface area contributed by atoms with Gasteiger partial charge in [-0.15, -0.1) is 4.40 Å². The van der Waals surface area contributed by atoms with Gasteiger partial charge < -0.3 is 14.0 Å². The van der Waals surface area contributed by atoms with Gasteiger partial charge in [-0.2, -0.15) is 8.42 Å². The van der Waals surface area contributed by atoms with Crippen LogP contribution in [-0.2, 0) is 17.1 Å². The van der Waals surface area contributed by atoms with Gasteiger partial charge >= 0.3 is 0 Å². The highest BCUT2D eigenvalue weighted by Gasteiger charge is 2.18. The molecule has 0 N–H and O–H groups in total. The molecule has 1 aliphatic rings. The van der Waals surface area contributed by atoms with E-state index in [-0.39, 0.29) is 11.7 Å². The summed E-state index contributed by atoms with van der Waals surface area (Å²) in [7, 11) is -2.06. The van der Waals surface area contributed by atoms with Gasteiger partial charge in [0.1, 0.15) is 0 Å². The summed E-state index contributed by atoms with van der Waals surface area (Å²) < 4.78 is 42.2. The van der Waals surface area contributed by atoms with Gasteiger partial charge in [0, 0.05) is 24.2 Å². The van der Waals surface area contributed by atoms with Crippen LogP contribution in [0.15, 0.2) is 45.7 Å². The van der Waals surface area contributed by atoms with E-state index in [9.17, 15) is 8.42 Å². The van der Waals surface area contributed by atoms with Crippen molar-refractivity contribution in [1.29, 1.82) is 0 Å². The Morgan fingerprint density at radius 3 is 2.54 bits per heavy atom. The lowest BCUT2D eigenvalue weighted by molar-refractivity contribution is 0.174. The molecule has 2 aromatic carbocycles. The Labute approximate surface area is 146 Å². The first-order chi connectivity index (χ1) is 11.4. The first-order valence-corrected chi connectivity index (χ1v) is 9.53. The van der Waals surface area contributed by atoms with Crippen molar-refractivity contribution in [3.63, 3.8) is 0 Å². The average Bonchev–Trinajstić information content (AvgIpc) is 3.10. The van der Waals surface area contributed by atoms with Crippen LogP contribution in [0.5, 0.6) is 11.5 Å². The van der Waals surface area contributed by atoms with Crippen molar-refractivity contribution in [2.45, 2.75) is 4.90 Å². The Balaban J connectivity index is 1.88. The predicted molar refractivity (Wildman–Crippen MR) is 91.1 cm³/mol. The van der Waals surface area contributed by atoms with E-state index < -0.39 is 10.0 Å². The summed E-state index contributed by atoms with van der Waals surface area (Å²) in [5, 5.41) is 0.468. The minimum absolute atomic E-state index is 0.0958. The number of hydrogen-bond donors (Lipinski definition) is 0. The van der Waals surface area contributed by atoms with Crippen LogP contribution in [0, 0.1) is 0 Å².